The Morgan fingerprint density at radius 3 is 2.45 bits per heavy atom. The van der Waals surface area contributed by atoms with Crippen molar-refractivity contribution in [3.8, 4) is 0 Å². The summed E-state index contributed by atoms with van der Waals surface area (Å²) in [6.07, 6.45) is 3.52. The number of fused-ring (bicyclic) bond motifs is 1. The molecule has 2 N–H and O–H groups in total. The Balaban J connectivity index is 1.38. The molecule has 3 aliphatic rings. The van der Waals surface area contributed by atoms with E-state index in [1.54, 1.807) is 24.3 Å². The molecule has 0 aromatic heterocycles. The van der Waals surface area contributed by atoms with E-state index in [0.29, 0.717) is 35.5 Å². The lowest BCUT2D eigenvalue weighted by molar-refractivity contribution is -0.161. The van der Waals surface area contributed by atoms with Gasteiger partial charge in [0.05, 0.1) is 47.8 Å². The number of hydrogen-bond donors (Lipinski definition) is 2. The van der Waals surface area contributed by atoms with Crippen LogP contribution in [-0.2, 0) is 35.1 Å². The van der Waals surface area contributed by atoms with Crippen LogP contribution in [-0.4, -0.2) is 77.2 Å². The van der Waals surface area contributed by atoms with Crippen LogP contribution in [0.2, 0.25) is 5.02 Å². The maximum Gasteiger partial charge on any atom is 0.313 e. The molecule has 11 heteroatoms. The number of rotatable bonds is 16. The summed E-state index contributed by atoms with van der Waals surface area (Å²) in [6.45, 7) is 9.11. The molecule has 3 aromatic carbocycles. The van der Waals surface area contributed by atoms with E-state index in [1.807, 2.05) is 73.7 Å². The van der Waals surface area contributed by atoms with Crippen molar-refractivity contribution >= 4 is 41.0 Å². The van der Waals surface area contributed by atoms with Crippen LogP contribution in [0.4, 0.5) is 5.69 Å². The maximum absolute atomic E-state index is 15.2. The van der Waals surface area contributed by atoms with Gasteiger partial charge in [0, 0.05) is 13.0 Å². The number of anilines is 1. The summed E-state index contributed by atoms with van der Waals surface area (Å²) < 4.78 is 12.9. The number of ether oxygens (including phenoxy) is 2. The van der Waals surface area contributed by atoms with Gasteiger partial charge in [-0.1, -0.05) is 96.5 Å². The van der Waals surface area contributed by atoms with E-state index in [2.05, 4.69) is 18.5 Å². The number of amides is 3. The van der Waals surface area contributed by atoms with E-state index < -0.39 is 66.1 Å². The summed E-state index contributed by atoms with van der Waals surface area (Å²) in [4.78, 5) is 60.0. The molecule has 0 radical (unpaired) electrons. The topological polar surface area (TPSA) is 125 Å². The smallest absolute Gasteiger partial charge is 0.313 e. The lowest BCUT2D eigenvalue weighted by Crippen LogP contribution is -2.59. The van der Waals surface area contributed by atoms with Gasteiger partial charge in [0.15, 0.2) is 0 Å². The van der Waals surface area contributed by atoms with Gasteiger partial charge in [-0.3, -0.25) is 19.2 Å². The molecule has 10 nitrogen and oxygen atoms in total. The van der Waals surface area contributed by atoms with Crippen molar-refractivity contribution in [2.24, 2.45) is 11.8 Å². The number of esters is 1. The molecular weight excluding hydrogens is 694 g/mol. The number of halogens is 1. The Hall–Kier alpha value is -4.77. The minimum atomic E-state index is -1.37. The van der Waals surface area contributed by atoms with Gasteiger partial charge in [0.1, 0.15) is 17.7 Å². The number of nitrogens with one attached hydrogen (secondary N) is 1. The molecule has 3 aliphatic heterocycles. The van der Waals surface area contributed by atoms with Crippen LogP contribution in [0.5, 0.6) is 0 Å². The van der Waals surface area contributed by atoms with Crippen molar-refractivity contribution in [2.75, 3.05) is 24.6 Å². The van der Waals surface area contributed by atoms with E-state index in [4.69, 9.17) is 21.1 Å². The fourth-order valence-electron chi connectivity index (χ4n) is 8.34. The van der Waals surface area contributed by atoms with Gasteiger partial charge in [-0.15, -0.1) is 13.2 Å². The number of carbonyl (C=O) groups excluding carboxylic acids is 4. The Labute approximate surface area is 315 Å². The van der Waals surface area contributed by atoms with Gasteiger partial charge >= 0.3 is 5.97 Å². The molecule has 3 aromatic rings. The molecule has 0 unspecified atom stereocenters. The third kappa shape index (κ3) is 7.40. The summed E-state index contributed by atoms with van der Waals surface area (Å²) >= 11 is 6.72. The number of aliphatic hydroxyl groups is 1. The van der Waals surface area contributed by atoms with Crippen LogP contribution in [0.25, 0.3) is 0 Å². The van der Waals surface area contributed by atoms with Gasteiger partial charge in [-0.25, -0.2) is 0 Å². The Bertz CT molecular complexity index is 1820. The number of para-hydroxylation sites is 1. The number of hydrogen-bond acceptors (Lipinski definition) is 7. The van der Waals surface area contributed by atoms with Crippen molar-refractivity contribution in [3.63, 3.8) is 0 Å². The molecule has 2 bridgehead atoms. The number of aryl methyl sites for hydroxylation is 1. The molecule has 278 valence electrons. The number of likely N-dealkylation sites (tertiary alicyclic amines) is 1. The Kier molecular flexibility index (Phi) is 11.8. The molecule has 3 saturated heterocycles. The highest BCUT2D eigenvalue weighted by Crippen LogP contribution is 2.59. The first kappa shape index (κ1) is 38.0. The van der Waals surface area contributed by atoms with Gasteiger partial charge in [-0.2, -0.15) is 0 Å². The summed E-state index contributed by atoms with van der Waals surface area (Å²) in [5.41, 5.74) is 1.41. The quantitative estimate of drug-likeness (QED) is 0.147. The van der Waals surface area contributed by atoms with E-state index in [0.717, 1.165) is 11.1 Å². The second-order valence-electron chi connectivity index (χ2n) is 13.9. The van der Waals surface area contributed by atoms with Crippen LogP contribution >= 0.6 is 11.6 Å². The number of aliphatic hydroxyl groups excluding tert-OH is 1. The molecule has 3 fully saturated rings. The summed E-state index contributed by atoms with van der Waals surface area (Å²) in [6, 6.07) is 21.9. The standard InChI is InChI=1S/C42H46ClN3O7/c1-4-6-20-34(48)44-25-33(29-17-11-8-12-18-29)52-41(51)35-32-21-22-42(53-32)36(35)39(49)46(30(26-47)24-28-15-9-7-10-16-28)38(42)40(50)45(23-5-2)37-27(3)14-13-19-31(37)43/h4-5,7-19,30,32-33,35-36,38,47H,1-2,6,20-26H2,3H3,(H,44,48)/t30-,32-,33-,35+,36+,38-,42+/m1/s1. The molecule has 0 aliphatic carbocycles. The summed E-state index contributed by atoms with van der Waals surface area (Å²) in [5, 5.41) is 14.1. The first-order chi connectivity index (χ1) is 25.6. The zero-order valence-electron chi connectivity index (χ0n) is 29.9. The Morgan fingerprint density at radius 1 is 1.08 bits per heavy atom. The number of allylic oxidation sites excluding steroid dienone is 1. The van der Waals surface area contributed by atoms with E-state index in [-0.39, 0.29) is 31.8 Å². The predicted octanol–water partition coefficient (Wildman–Crippen LogP) is 5.51. The van der Waals surface area contributed by atoms with Crippen molar-refractivity contribution in [2.45, 2.75) is 68.9 Å². The van der Waals surface area contributed by atoms with Crippen molar-refractivity contribution in [3.05, 3.63) is 126 Å². The summed E-state index contributed by atoms with van der Waals surface area (Å²) in [7, 11) is 0. The average molecular weight is 740 g/mol. The first-order valence-corrected chi connectivity index (χ1v) is 18.5. The van der Waals surface area contributed by atoms with Crippen LogP contribution in [0.1, 0.15) is 48.5 Å². The Morgan fingerprint density at radius 2 is 1.79 bits per heavy atom. The molecule has 3 amide bonds. The van der Waals surface area contributed by atoms with Crippen molar-refractivity contribution < 1.29 is 33.8 Å². The SMILES string of the molecule is C=CCCC(=O)NC[C@@H](OC(=O)[C@@H]1[C@H]2C(=O)N([C@@H](CO)Cc3ccccc3)[C@H](C(=O)N(CC=C)c3c(C)cccc3Cl)[C@]23CC[C@H]1O3)c1ccccc1. The highest BCUT2D eigenvalue weighted by atomic mass is 35.5. The van der Waals surface area contributed by atoms with Crippen molar-refractivity contribution in [1.29, 1.82) is 0 Å². The lowest BCUT2D eigenvalue weighted by atomic mass is 9.70. The number of nitrogens with zero attached hydrogens (tertiary/aromatic N) is 2. The van der Waals surface area contributed by atoms with Crippen LogP contribution < -0.4 is 10.2 Å². The first-order valence-electron chi connectivity index (χ1n) is 18.1. The van der Waals surface area contributed by atoms with E-state index in [9.17, 15) is 19.5 Å². The summed E-state index contributed by atoms with van der Waals surface area (Å²) in [5.74, 6) is -3.83. The fourth-order valence-corrected chi connectivity index (χ4v) is 8.67. The molecule has 53 heavy (non-hydrogen) atoms. The minimum Gasteiger partial charge on any atom is -0.455 e. The van der Waals surface area contributed by atoms with Gasteiger partial charge in [0.25, 0.3) is 5.91 Å². The minimum absolute atomic E-state index is 0.0261. The number of benzene rings is 3. The van der Waals surface area contributed by atoms with Crippen LogP contribution in [0.3, 0.4) is 0 Å². The zero-order chi connectivity index (χ0) is 37.7. The highest BCUT2D eigenvalue weighted by Gasteiger charge is 2.75. The second-order valence-corrected chi connectivity index (χ2v) is 14.3. The average Bonchev–Trinajstić information content (AvgIpc) is 3.82. The normalized spacial score (nSPS) is 23.9. The second kappa shape index (κ2) is 16.5. The van der Waals surface area contributed by atoms with E-state index >= 15 is 4.79 Å². The van der Waals surface area contributed by atoms with E-state index in [1.165, 1.54) is 9.80 Å². The molecule has 6 rings (SSSR count). The predicted molar refractivity (Wildman–Crippen MR) is 202 cm³/mol. The molecule has 0 saturated carbocycles. The number of carbonyl (C=O) groups is 4. The lowest BCUT2D eigenvalue weighted by Gasteiger charge is -2.39. The largest absolute Gasteiger partial charge is 0.455 e. The molecule has 7 atom stereocenters. The molecular formula is C42H46ClN3O7. The monoisotopic (exact) mass is 739 g/mol. The highest BCUT2D eigenvalue weighted by molar-refractivity contribution is 6.34. The third-order valence-electron chi connectivity index (χ3n) is 10.7. The van der Waals surface area contributed by atoms with Gasteiger partial charge in [-0.05, 0) is 55.4 Å². The maximum atomic E-state index is 15.2. The molecule has 1 spiro atoms. The van der Waals surface area contributed by atoms with Crippen molar-refractivity contribution in [1.82, 2.24) is 10.2 Å². The van der Waals surface area contributed by atoms with Gasteiger partial charge in [0.2, 0.25) is 11.8 Å². The van der Waals surface area contributed by atoms with Gasteiger partial charge < -0.3 is 29.7 Å². The zero-order valence-corrected chi connectivity index (χ0v) is 30.6. The fraction of sp³-hybridized carbons (Fsp3) is 0.381. The third-order valence-corrected chi connectivity index (χ3v) is 11.0. The van der Waals surface area contributed by atoms with Crippen LogP contribution in [0.15, 0.2) is 104 Å². The molecule has 3 heterocycles. The van der Waals surface area contributed by atoms with Crippen LogP contribution in [0, 0.1) is 18.8 Å².